The van der Waals surface area contributed by atoms with Crippen LogP contribution in [0.5, 0.6) is 0 Å². The molecule has 56 valence electrons. The molecule has 0 aromatic carbocycles. The van der Waals surface area contributed by atoms with Gasteiger partial charge in [-0.3, -0.25) is 0 Å². The van der Waals surface area contributed by atoms with Crippen molar-refractivity contribution in [3.05, 3.63) is 0 Å². The van der Waals surface area contributed by atoms with E-state index in [4.69, 9.17) is 0 Å². The Hall–Kier alpha value is 2.35. The Bertz CT molecular complexity index is 161. The molecule has 5 nitrogen and oxygen atoms in total. The fourth-order valence-electron chi connectivity index (χ4n) is 0.122. The van der Waals surface area contributed by atoms with Crippen molar-refractivity contribution in [1.29, 1.82) is 0 Å². The van der Waals surface area contributed by atoms with E-state index in [2.05, 4.69) is 27.9 Å². The average Bonchev–Trinajstić information content (AvgIpc) is 1.14. The topological polar surface area (TPSA) is 101 Å². The molecule has 0 radical (unpaired) electrons. The third kappa shape index (κ3) is 19.0. The molecule has 0 fully saturated rings. The Labute approximate surface area is 99.2 Å². The molecular formula is O5P2S2Zn2. The van der Waals surface area contributed by atoms with Gasteiger partial charge in [0.2, 0.25) is 0 Å². The fraction of sp³-hybridized carbons (Fsp3) is 0. The van der Waals surface area contributed by atoms with Gasteiger partial charge in [-0.25, -0.2) is 0 Å². The molecule has 0 aromatic heterocycles. The van der Waals surface area contributed by atoms with Crippen LogP contribution in [0.3, 0.4) is 0 Å². The van der Waals surface area contributed by atoms with Crippen LogP contribution in [0, 0.1) is 0 Å². The molecule has 0 aliphatic carbocycles. The smallest absolute Gasteiger partial charge is 0.812 e. The SMILES string of the molecule is [O-]P([O-])(=S)OP([O-])([O-])=S.[Zn+2].[Zn+2]. The fourth-order valence-corrected chi connectivity index (χ4v) is 3.06. The summed E-state index contributed by atoms with van der Waals surface area (Å²) in [5.74, 6) is 0. The number of hydrogen-bond donors (Lipinski definition) is 0. The van der Waals surface area contributed by atoms with Gasteiger partial charge in [0.05, 0.1) is 0 Å². The Morgan fingerprint density at radius 1 is 0.818 bits per heavy atom. The van der Waals surface area contributed by atoms with Gasteiger partial charge in [0.1, 0.15) is 0 Å². The molecule has 0 unspecified atom stereocenters. The van der Waals surface area contributed by atoms with Crippen LogP contribution in [0.2, 0.25) is 0 Å². The van der Waals surface area contributed by atoms with Gasteiger partial charge in [-0.15, -0.1) is 23.6 Å². The zero-order valence-corrected chi connectivity index (χ0v) is 14.5. The molecule has 0 amide bonds. The maximum Gasteiger partial charge on any atom is 2.00 e. The largest absolute Gasteiger partial charge is 2.00 e. The summed E-state index contributed by atoms with van der Waals surface area (Å²) >= 11 is 7.14. The van der Waals surface area contributed by atoms with E-state index in [1.165, 1.54) is 0 Å². The van der Waals surface area contributed by atoms with Crippen molar-refractivity contribution in [3.63, 3.8) is 0 Å². The van der Waals surface area contributed by atoms with Gasteiger partial charge in [-0.1, -0.05) is 13.4 Å². The zero-order chi connectivity index (χ0) is 7.71. The molecule has 0 saturated heterocycles. The summed E-state index contributed by atoms with van der Waals surface area (Å²) in [6.07, 6.45) is 0. The van der Waals surface area contributed by atoms with Gasteiger partial charge in [0.25, 0.3) is 0 Å². The standard InChI is InChI=1S/H4O5P2S2.2Zn/c1-6(2,8)5-7(3,4)9;;/h(H2,1,2,8)(H2,3,4,9);;/q;2*+2/p-4. The van der Waals surface area contributed by atoms with Gasteiger partial charge in [-0.05, 0) is 0 Å². The first-order valence-corrected chi connectivity index (χ1v) is 6.57. The maximum atomic E-state index is 9.83. The van der Waals surface area contributed by atoms with Crippen LogP contribution in [0.15, 0.2) is 0 Å². The van der Waals surface area contributed by atoms with Crippen LogP contribution < -0.4 is 19.6 Å². The zero-order valence-electron chi connectivity index (χ0n) is 5.17. The van der Waals surface area contributed by atoms with Crippen LogP contribution in [-0.4, -0.2) is 0 Å². The number of rotatable bonds is 2. The summed E-state index contributed by atoms with van der Waals surface area (Å²) in [5.41, 5.74) is 0. The van der Waals surface area contributed by atoms with Gasteiger partial charge in [0, 0.05) is 0 Å². The van der Waals surface area contributed by atoms with E-state index in [1.54, 1.807) is 0 Å². The van der Waals surface area contributed by atoms with E-state index in [0.29, 0.717) is 0 Å². The number of hydrogen-bond acceptors (Lipinski definition) is 7. The third-order valence-corrected chi connectivity index (χ3v) is 3.00. The van der Waals surface area contributed by atoms with Crippen molar-refractivity contribution >= 4 is 37.1 Å². The molecule has 0 bridgehead atoms. The van der Waals surface area contributed by atoms with Crippen LogP contribution in [0.1, 0.15) is 0 Å². The molecule has 0 heterocycles. The van der Waals surface area contributed by atoms with E-state index < -0.39 is 13.4 Å². The molecule has 0 spiro atoms. The van der Waals surface area contributed by atoms with Crippen LogP contribution >= 0.6 is 13.4 Å². The Kier molecular flexibility index (Phi) is 11.7. The van der Waals surface area contributed by atoms with Gasteiger partial charge >= 0.3 is 39.0 Å². The van der Waals surface area contributed by atoms with Crippen molar-refractivity contribution < 1.29 is 62.8 Å². The molecule has 0 rings (SSSR count). The van der Waals surface area contributed by atoms with E-state index in [0.717, 1.165) is 0 Å². The average molecular weight is 337 g/mol. The predicted molar refractivity (Wildman–Crippen MR) is 29.7 cm³/mol. The third-order valence-electron chi connectivity index (χ3n) is 0.200. The second kappa shape index (κ2) is 6.75. The first-order chi connectivity index (χ1) is 3.71. The summed E-state index contributed by atoms with van der Waals surface area (Å²) in [6.45, 7) is -9.27. The Morgan fingerprint density at radius 3 is 1.00 bits per heavy atom. The van der Waals surface area contributed by atoms with E-state index in [1.807, 2.05) is 0 Å². The Morgan fingerprint density at radius 2 is 1.00 bits per heavy atom. The molecule has 0 saturated carbocycles. The first-order valence-electron chi connectivity index (χ1n) is 1.46. The monoisotopic (exact) mass is 334 g/mol. The van der Waals surface area contributed by atoms with Crippen molar-refractivity contribution in [1.82, 2.24) is 0 Å². The van der Waals surface area contributed by atoms with Crippen LogP contribution in [-0.2, 0) is 66.9 Å². The summed E-state index contributed by atoms with van der Waals surface area (Å²) < 4.78 is 3.25. The van der Waals surface area contributed by atoms with Gasteiger partial charge < -0.3 is 23.9 Å². The molecule has 11 heteroatoms. The van der Waals surface area contributed by atoms with E-state index in [-0.39, 0.29) is 39.0 Å². The molecule has 0 aliphatic rings. The molecular weight excluding hydrogens is 337 g/mol. The van der Waals surface area contributed by atoms with Crippen molar-refractivity contribution in [2.45, 2.75) is 0 Å². The Balaban J connectivity index is -0.000000320. The van der Waals surface area contributed by atoms with Crippen molar-refractivity contribution in [2.24, 2.45) is 0 Å². The predicted octanol–water partition coefficient (Wildman–Crippen LogP) is -3.11. The van der Waals surface area contributed by atoms with Crippen LogP contribution in [0.4, 0.5) is 0 Å². The summed E-state index contributed by atoms with van der Waals surface area (Å²) in [5, 5.41) is 0. The maximum absolute atomic E-state index is 9.83. The minimum Gasteiger partial charge on any atom is -0.812 e. The minimum atomic E-state index is -4.63. The van der Waals surface area contributed by atoms with Gasteiger partial charge in [-0.2, -0.15) is 0 Å². The molecule has 11 heavy (non-hydrogen) atoms. The second-order valence-corrected chi connectivity index (χ2v) is 6.10. The molecule has 0 aromatic rings. The summed E-state index contributed by atoms with van der Waals surface area (Å²) in [4.78, 5) is 39.3. The summed E-state index contributed by atoms with van der Waals surface area (Å²) in [7, 11) is 0. The van der Waals surface area contributed by atoms with E-state index in [9.17, 15) is 19.6 Å². The normalized spacial score (nSPS) is 11.3. The van der Waals surface area contributed by atoms with Gasteiger partial charge in [0.15, 0.2) is 0 Å². The van der Waals surface area contributed by atoms with Crippen LogP contribution in [0.25, 0.3) is 0 Å². The van der Waals surface area contributed by atoms with Crippen molar-refractivity contribution in [3.8, 4) is 0 Å². The molecule has 0 atom stereocenters. The van der Waals surface area contributed by atoms with Crippen molar-refractivity contribution in [2.75, 3.05) is 0 Å². The minimum absolute atomic E-state index is 0. The first kappa shape index (κ1) is 19.0. The quantitative estimate of drug-likeness (QED) is 0.388. The molecule has 0 aliphatic heterocycles. The second-order valence-electron chi connectivity index (χ2n) is 0.976. The van der Waals surface area contributed by atoms with E-state index >= 15 is 0 Å². The summed E-state index contributed by atoms with van der Waals surface area (Å²) in [6, 6.07) is 0. The molecule has 0 N–H and O–H groups in total.